The van der Waals surface area contributed by atoms with Crippen LogP contribution in [0.5, 0.6) is 0 Å². The number of quaternary nitrogens is 3. The molecule has 0 aromatic heterocycles. The van der Waals surface area contributed by atoms with Gasteiger partial charge in [-0.3, -0.25) is 0 Å². The standard InChI is InChI=1S/C23H35N3/c1-3-7-21(8-4-1)19-24-13-11-23(12-14-24)26-17-15-25(16-18-26)20-22-9-5-2-6-10-22/h1-5,7-8,22-23H,6,9-20H2/p+3/t22-/m0/s1. The number of benzene rings is 1. The van der Waals surface area contributed by atoms with Gasteiger partial charge in [-0.25, -0.2) is 0 Å². The van der Waals surface area contributed by atoms with Crippen LogP contribution in [0.25, 0.3) is 0 Å². The van der Waals surface area contributed by atoms with E-state index in [9.17, 15) is 0 Å². The fraction of sp³-hybridized carbons (Fsp3) is 0.652. The summed E-state index contributed by atoms with van der Waals surface area (Å²) >= 11 is 0. The highest BCUT2D eigenvalue weighted by molar-refractivity contribution is 5.13. The number of likely N-dealkylation sites (tertiary alicyclic amines) is 1. The zero-order valence-electron chi connectivity index (χ0n) is 16.4. The van der Waals surface area contributed by atoms with Crippen LogP contribution in [-0.2, 0) is 6.54 Å². The summed E-state index contributed by atoms with van der Waals surface area (Å²) in [5.74, 6) is 0.960. The smallest absolute Gasteiger partial charge is 0.127 e. The highest BCUT2D eigenvalue weighted by atomic mass is 15.3. The van der Waals surface area contributed by atoms with Gasteiger partial charge in [0, 0.05) is 24.3 Å². The number of allylic oxidation sites excluding steroid dienone is 2. The quantitative estimate of drug-likeness (QED) is 0.582. The van der Waals surface area contributed by atoms with Gasteiger partial charge in [0.1, 0.15) is 32.7 Å². The number of hydrogen-bond donors (Lipinski definition) is 3. The molecule has 1 atom stereocenters. The zero-order valence-corrected chi connectivity index (χ0v) is 16.4. The maximum Gasteiger partial charge on any atom is 0.127 e. The summed E-state index contributed by atoms with van der Waals surface area (Å²) in [5, 5.41) is 0. The van der Waals surface area contributed by atoms with E-state index in [2.05, 4.69) is 42.5 Å². The molecule has 3 aliphatic rings. The van der Waals surface area contributed by atoms with E-state index in [1.165, 1.54) is 90.0 Å². The van der Waals surface area contributed by atoms with Gasteiger partial charge in [0.25, 0.3) is 0 Å². The number of piperazine rings is 1. The van der Waals surface area contributed by atoms with Crippen molar-refractivity contribution in [2.24, 2.45) is 5.92 Å². The molecule has 0 saturated carbocycles. The molecule has 26 heavy (non-hydrogen) atoms. The minimum absolute atomic E-state index is 0.939. The fourth-order valence-corrected chi connectivity index (χ4v) is 5.48. The topological polar surface area (TPSA) is 13.3 Å². The van der Waals surface area contributed by atoms with E-state index in [0.717, 1.165) is 12.0 Å². The molecule has 0 spiro atoms. The van der Waals surface area contributed by atoms with Gasteiger partial charge >= 0.3 is 0 Å². The highest BCUT2D eigenvalue weighted by Crippen LogP contribution is 2.15. The summed E-state index contributed by atoms with van der Waals surface area (Å²) in [6, 6.07) is 12.0. The predicted molar refractivity (Wildman–Crippen MR) is 107 cm³/mol. The van der Waals surface area contributed by atoms with Crippen molar-refractivity contribution in [1.29, 1.82) is 0 Å². The summed E-state index contributed by atoms with van der Waals surface area (Å²) in [6.07, 6.45) is 11.7. The average Bonchev–Trinajstić information content (AvgIpc) is 2.71. The van der Waals surface area contributed by atoms with Crippen LogP contribution in [0.4, 0.5) is 0 Å². The van der Waals surface area contributed by atoms with E-state index < -0.39 is 0 Å². The van der Waals surface area contributed by atoms with Gasteiger partial charge in [-0.05, 0) is 19.3 Å². The molecule has 2 saturated heterocycles. The lowest BCUT2D eigenvalue weighted by Gasteiger charge is -2.38. The van der Waals surface area contributed by atoms with Gasteiger partial charge < -0.3 is 14.7 Å². The first-order chi connectivity index (χ1) is 12.9. The van der Waals surface area contributed by atoms with E-state index in [-0.39, 0.29) is 0 Å². The van der Waals surface area contributed by atoms with Crippen molar-refractivity contribution in [3.63, 3.8) is 0 Å². The van der Waals surface area contributed by atoms with Gasteiger partial charge in [-0.1, -0.05) is 42.5 Å². The Morgan fingerprint density at radius 1 is 0.769 bits per heavy atom. The van der Waals surface area contributed by atoms with Crippen LogP contribution in [0.3, 0.4) is 0 Å². The second kappa shape index (κ2) is 9.16. The molecule has 142 valence electrons. The lowest BCUT2D eigenvalue weighted by atomic mass is 9.93. The van der Waals surface area contributed by atoms with E-state index in [1.807, 2.05) is 9.80 Å². The van der Waals surface area contributed by atoms with E-state index >= 15 is 0 Å². The Bertz CT molecular complexity index is 554. The molecular weight excluding hydrogens is 318 g/mol. The van der Waals surface area contributed by atoms with Crippen molar-refractivity contribution in [2.45, 2.75) is 44.7 Å². The maximum atomic E-state index is 2.42. The molecule has 2 fully saturated rings. The van der Waals surface area contributed by atoms with Gasteiger partial charge in [0.15, 0.2) is 0 Å². The SMILES string of the molecule is C1=CC[C@H](C[NH+]2CC[NH+](C3CC[NH+](Cc4ccccc4)CC3)CC2)CC1. The molecule has 4 rings (SSSR count). The zero-order chi connectivity index (χ0) is 17.6. The summed E-state index contributed by atoms with van der Waals surface area (Å²) in [4.78, 5) is 5.61. The summed E-state index contributed by atoms with van der Waals surface area (Å²) in [7, 11) is 0. The monoisotopic (exact) mass is 356 g/mol. The third-order valence-corrected chi connectivity index (χ3v) is 7.12. The second-order valence-electron chi connectivity index (χ2n) is 8.95. The van der Waals surface area contributed by atoms with Crippen LogP contribution >= 0.6 is 0 Å². The van der Waals surface area contributed by atoms with Crippen LogP contribution in [0.15, 0.2) is 42.5 Å². The van der Waals surface area contributed by atoms with Gasteiger partial charge in [-0.15, -0.1) is 0 Å². The minimum Gasteiger partial charge on any atom is -0.331 e. The third-order valence-electron chi connectivity index (χ3n) is 7.12. The molecule has 0 unspecified atom stereocenters. The van der Waals surface area contributed by atoms with E-state index in [4.69, 9.17) is 0 Å². The van der Waals surface area contributed by atoms with Crippen LogP contribution in [0.1, 0.15) is 37.7 Å². The molecular formula is C23H38N3+3. The van der Waals surface area contributed by atoms with E-state index in [1.54, 1.807) is 4.90 Å². The Labute approximate surface area is 159 Å². The second-order valence-corrected chi connectivity index (χ2v) is 8.95. The Hall–Kier alpha value is -1.16. The lowest BCUT2D eigenvalue weighted by molar-refractivity contribution is -1.03. The van der Waals surface area contributed by atoms with Crippen LogP contribution < -0.4 is 14.7 Å². The molecule has 2 heterocycles. The molecule has 3 N–H and O–H groups in total. The van der Waals surface area contributed by atoms with Crippen LogP contribution in [-0.4, -0.2) is 51.9 Å². The van der Waals surface area contributed by atoms with Crippen molar-refractivity contribution in [1.82, 2.24) is 0 Å². The van der Waals surface area contributed by atoms with Gasteiger partial charge in [-0.2, -0.15) is 0 Å². The summed E-state index contributed by atoms with van der Waals surface area (Å²) in [6.45, 7) is 11.0. The van der Waals surface area contributed by atoms with Crippen molar-refractivity contribution in [3.8, 4) is 0 Å². The number of piperidine rings is 1. The molecule has 2 aliphatic heterocycles. The van der Waals surface area contributed by atoms with Crippen LogP contribution in [0.2, 0.25) is 0 Å². The highest BCUT2D eigenvalue weighted by Gasteiger charge is 2.34. The molecule has 1 aromatic rings. The van der Waals surface area contributed by atoms with Crippen LogP contribution in [0, 0.1) is 5.92 Å². The van der Waals surface area contributed by atoms with Crippen molar-refractivity contribution >= 4 is 0 Å². The number of hydrogen-bond acceptors (Lipinski definition) is 0. The Balaban J connectivity index is 1.17. The molecule has 3 heteroatoms. The third kappa shape index (κ3) is 4.97. The normalized spacial score (nSPS) is 35.3. The van der Waals surface area contributed by atoms with E-state index in [0.29, 0.717) is 0 Å². The van der Waals surface area contributed by atoms with Crippen molar-refractivity contribution in [3.05, 3.63) is 48.0 Å². The van der Waals surface area contributed by atoms with Crippen molar-refractivity contribution in [2.75, 3.05) is 45.8 Å². The molecule has 0 amide bonds. The maximum absolute atomic E-state index is 2.42. The summed E-state index contributed by atoms with van der Waals surface area (Å²) < 4.78 is 0. The first-order valence-corrected chi connectivity index (χ1v) is 11.1. The molecule has 3 nitrogen and oxygen atoms in total. The first-order valence-electron chi connectivity index (χ1n) is 11.1. The Kier molecular flexibility index (Phi) is 6.42. The average molecular weight is 357 g/mol. The van der Waals surface area contributed by atoms with Gasteiger partial charge in [0.05, 0.1) is 25.7 Å². The fourth-order valence-electron chi connectivity index (χ4n) is 5.48. The molecule has 0 radical (unpaired) electrons. The largest absolute Gasteiger partial charge is 0.331 e. The van der Waals surface area contributed by atoms with Crippen molar-refractivity contribution < 1.29 is 14.7 Å². The predicted octanol–water partition coefficient (Wildman–Crippen LogP) is -0.626. The Morgan fingerprint density at radius 3 is 2.23 bits per heavy atom. The molecule has 1 aromatic carbocycles. The summed E-state index contributed by atoms with van der Waals surface area (Å²) in [5.41, 5.74) is 1.50. The molecule has 1 aliphatic carbocycles. The first kappa shape index (κ1) is 18.2. The lowest BCUT2D eigenvalue weighted by Crippen LogP contribution is -3.30. The van der Waals surface area contributed by atoms with Gasteiger partial charge in [0.2, 0.25) is 0 Å². The minimum atomic E-state index is 0.939. The number of nitrogens with one attached hydrogen (secondary N) is 3. The number of rotatable bonds is 5. The molecule has 0 bridgehead atoms. The Morgan fingerprint density at radius 2 is 1.54 bits per heavy atom.